The lowest BCUT2D eigenvalue weighted by Gasteiger charge is -2.42. The summed E-state index contributed by atoms with van der Waals surface area (Å²) < 4.78 is 20.7. The molecular weight excluding hydrogens is 283 g/mol. The third-order valence-electron chi connectivity index (χ3n) is 4.39. The van der Waals surface area contributed by atoms with Crippen LogP contribution >= 0.6 is 0 Å². The van der Waals surface area contributed by atoms with E-state index in [1.54, 1.807) is 6.07 Å². The summed E-state index contributed by atoms with van der Waals surface area (Å²) in [6, 6.07) is 5.04. The number of hydrogen-bond donors (Lipinski definition) is 1. The molecular formula is C17H29FO2Si. The van der Waals surface area contributed by atoms with Crippen LogP contribution in [0.5, 0.6) is 5.75 Å². The molecule has 0 unspecified atom stereocenters. The maximum Gasteiger partial charge on any atom is 0.258 e. The summed E-state index contributed by atoms with van der Waals surface area (Å²) in [6.07, 6.45) is 0.471. The highest BCUT2D eigenvalue weighted by Gasteiger charge is 2.47. The van der Waals surface area contributed by atoms with Crippen molar-refractivity contribution >= 4 is 8.32 Å². The van der Waals surface area contributed by atoms with Gasteiger partial charge in [0, 0.05) is 6.61 Å². The lowest BCUT2D eigenvalue weighted by molar-refractivity contribution is 0.299. The van der Waals surface area contributed by atoms with E-state index in [0.717, 1.165) is 5.56 Å². The highest BCUT2D eigenvalue weighted by Crippen LogP contribution is 2.43. The van der Waals surface area contributed by atoms with Crippen molar-refractivity contribution in [3.05, 3.63) is 29.6 Å². The Morgan fingerprint density at radius 2 is 1.57 bits per heavy atom. The van der Waals surface area contributed by atoms with Gasteiger partial charge >= 0.3 is 0 Å². The molecule has 21 heavy (non-hydrogen) atoms. The number of aliphatic hydroxyl groups is 1. The van der Waals surface area contributed by atoms with Crippen LogP contribution in [0.2, 0.25) is 16.6 Å². The van der Waals surface area contributed by atoms with Gasteiger partial charge in [-0.3, -0.25) is 0 Å². The van der Waals surface area contributed by atoms with Gasteiger partial charge < -0.3 is 9.53 Å². The molecule has 0 saturated heterocycles. The average Bonchev–Trinajstić information content (AvgIpc) is 2.36. The van der Waals surface area contributed by atoms with Crippen molar-refractivity contribution in [3.8, 4) is 5.75 Å². The second-order valence-electron chi connectivity index (χ2n) is 6.66. The Kier molecular flexibility index (Phi) is 6.41. The molecule has 0 bridgehead atoms. The zero-order valence-electron chi connectivity index (χ0n) is 14.1. The topological polar surface area (TPSA) is 29.5 Å². The zero-order valence-corrected chi connectivity index (χ0v) is 15.1. The molecule has 0 aliphatic carbocycles. The molecule has 0 aromatic heterocycles. The third kappa shape index (κ3) is 3.86. The van der Waals surface area contributed by atoms with Gasteiger partial charge in [-0.25, -0.2) is 4.39 Å². The molecule has 0 heterocycles. The van der Waals surface area contributed by atoms with Crippen LogP contribution in [-0.2, 0) is 6.42 Å². The summed E-state index contributed by atoms with van der Waals surface area (Å²) in [7, 11) is -2.13. The first-order valence-corrected chi connectivity index (χ1v) is 9.98. The van der Waals surface area contributed by atoms with Crippen LogP contribution in [0.15, 0.2) is 18.2 Å². The van der Waals surface area contributed by atoms with Crippen LogP contribution in [0, 0.1) is 5.82 Å². The van der Waals surface area contributed by atoms with Gasteiger partial charge in [0.25, 0.3) is 8.32 Å². The van der Waals surface area contributed by atoms with Gasteiger partial charge in [0.15, 0.2) is 5.82 Å². The highest BCUT2D eigenvalue weighted by molar-refractivity contribution is 6.78. The van der Waals surface area contributed by atoms with Crippen molar-refractivity contribution < 1.29 is 13.9 Å². The second-order valence-corrected chi connectivity index (χ2v) is 12.0. The van der Waals surface area contributed by atoms with Crippen molar-refractivity contribution in [2.24, 2.45) is 0 Å². The third-order valence-corrected chi connectivity index (χ3v) is 10.4. The van der Waals surface area contributed by atoms with E-state index < -0.39 is 8.32 Å². The fourth-order valence-corrected chi connectivity index (χ4v) is 8.71. The normalized spacial score (nSPS) is 12.5. The monoisotopic (exact) mass is 312 g/mol. The lowest BCUT2D eigenvalue weighted by Crippen LogP contribution is -2.50. The molecule has 0 atom stereocenters. The van der Waals surface area contributed by atoms with E-state index in [1.165, 1.54) is 6.07 Å². The molecule has 0 amide bonds. The SMILES string of the molecule is CC(C)[Si](Oc1ccc(CCO)cc1F)(C(C)C)C(C)C. The van der Waals surface area contributed by atoms with Crippen molar-refractivity contribution in [3.63, 3.8) is 0 Å². The van der Waals surface area contributed by atoms with E-state index in [-0.39, 0.29) is 12.4 Å². The van der Waals surface area contributed by atoms with Gasteiger partial charge in [0.2, 0.25) is 0 Å². The smallest absolute Gasteiger partial charge is 0.258 e. The molecule has 0 aliphatic heterocycles. The maximum absolute atomic E-state index is 14.3. The van der Waals surface area contributed by atoms with Crippen molar-refractivity contribution in [1.29, 1.82) is 0 Å². The van der Waals surface area contributed by atoms with E-state index in [2.05, 4.69) is 41.5 Å². The van der Waals surface area contributed by atoms with E-state index in [1.807, 2.05) is 6.07 Å². The summed E-state index contributed by atoms with van der Waals surface area (Å²) in [6.45, 7) is 13.1. The summed E-state index contributed by atoms with van der Waals surface area (Å²) in [5, 5.41) is 8.94. The van der Waals surface area contributed by atoms with Crippen LogP contribution in [0.25, 0.3) is 0 Å². The molecule has 1 aromatic rings. The fourth-order valence-electron chi connectivity index (χ4n) is 3.46. The van der Waals surface area contributed by atoms with Crippen LogP contribution in [0.1, 0.15) is 47.1 Å². The van der Waals surface area contributed by atoms with Gasteiger partial charge in [-0.1, -0.05) is 47.6 Å². The Hall–Kier alpha value is -0.873. The quantitative estimate of drug-likeness (QED) is 0.725. The first-order chi connectivity index (χ1) is 9.75. The number of halogens is 1. The highest BCUT2D eigenvalue weighted by atomic mass is 28.4. The summed E-state index contributed by atoms with van der Waals surface area (Å²) in [4.78, 5) is 0. The van der Waals surface area contributed by atoms with E-state index in [9.17, 15) is 4.39 Å². The minimum Gasteiger partial charge on any atom is -0.541 e. The van der Waals surface area contributed by atoms with Gasteiger partial charge in [0.1, 0.15) is 5.75 Å². The predicted octanol–water partition coefficient (Wildman–Crippen LogP) is 4.91. The number of hydrogen-bond acceptors (Lipinski definition) is 2. The summed E-state index contributed by atoms with van der Waals surface area (Å²) in [5.41, 5.74) is 2.03. The van der Waals surface area contributed by atoms with Gasteiger partial charge in [-0.2, -0.15) is 0 Å². The fraction of sp³-hybridized carbons (Fsp3) is 0.647. The molecule has 1 rings (SSSR count). The van der Waals surface area contributed by atoms with Crippen LogP contribution in [0.4, 0.5) is 4.39 Å². The second kappa shape index (κ2) is 7.41. The molecule has 0 aliphatic rings. The van der Waals surface area contributed by atoms with E-state index in [4.69, 9.17) is 9.53 Å². The molecule has 0 spiro atoms. The molecule has 120 valence electrons. The van der Waals surface area contributed by atoms with E-state index in [0.29, 0.717) is 28.8 Å². The van der Waals surface area contributed by atoms with Crippen LogP contribution < -0.4 is 4.43 Å². The maximum atomic E-state index is 14.3. The first-order valence-electron chi connectivity index (χ1n) is 7.84. The Balaban J connectivity index is 3.15. The minimum absolute atomic E-state index is 0.0301. The Morgan fingerprint density at radius 1 is 1.05 bits per heavy atom. The molecule has 1 N–H and O–H groups in total. The molecule has 0 fully saturated rings. The van der Waals surface area contributed by atoms with Crippen LogP contribution in [0.3, 0.4) is 0 Å². The van der Waals surface area contributed by atoms with E-state index >= 15 is 0 Å². The largest absolute Gasteiger partial charge is 0.541 e. The van der Waals surface area contributed by atoms with Crippen molar-refractivity contribution in [1.82, 2.24) is 0 Å². The first kappa shape index (κ1) is 18.2. The van der Waals surface area contributed by atoms with Gasteiger partial charge in [-0.05, 0) is 40.7 Å². The Labute approximate surface area is 129 Å². The Morgan fingerprint density at radius 3 is 1.95 bits per heavy atom. The predicted molar refractivity (Wildman–Crippen MR) is 88.9 cm³/mol. The number of aliphatic hydroxyl groups excluding tert-OH is 1. The van der Waals surface area contributed by atoms with Gasteiger partial charge in [0.05, 0.1) is 0 Å². The molecule has 0 radical (unpaired) electrons. The summed E-state index contributed by atoms with van der Waals surface area (Å²) in [5.74, 6) is 0.0410. The summed E-state index contributed by atoms with van der Waals surface area (Å²) >= 11 is 0. The molecule has 2 nitrogen and oxygen atoms in total. The molecule has 0 saturated carbocycles. The molecule has 1 aromatic carbocycles. The Bertz CT molecular complexity index is 436. The molecule has 4 heteroatoms. The minimum atomic E-state index is -2.13. The standard InChI is InChI=1S/C17H29FO2Si/c1-12(2)21(13(3)4,14(5)6)20-17-8-7-15(9-10-19)11-16(17)18/h7-8,11-14,19H,9-10H2,1-6H3. The lowest BCUT2D eigenvalue weighted by atomic mass is 10.1. The van der Waals surface area contributed by atoms with Crippen molar-refractivity contribution in [2.75, 3.05) is 6.61 Å². The number of benzene rings is 1. The number of rotatable bonds is 7. The van der Waals surface area contributed by atoms with Crippen LogP contribution in [-0.4, -0.2) is 20.0 Å². The zero-order chi connectivity index (χ0) is 16.2. The average molecular weight is 313 g/mol. The van der Waals surface area contributed by atoms with Crippen molar-refractivity contribution in [2.45, 2.75) is 64.6 Å². The van der Waals surface area contributed by atoms with Gasteiger partial charge in [-0.15, -0.1) is 0 Å².